The van der Waals surface area contributed by atoms with Crippen molar-refractivity contribution < 1.29 is 67.8 Å². The Kier molecular flexibility index (Phi) is 14.0. The number of aliphatic hydroxyl groups is 4. The summed E-state index contributed by atoms with van der Waals surface area (Å²) >= 11 is 0. The highest BCUT2D eigenvalue weighted by Gasteiger charge is 2.31. The van der Waals surface area contributed by atoms with Gasteiger partial charge in [-0.2, -0.15) is 0 Å². The molecule has 0 atom stereocenters. The van der Waals surface area contributed by atoms with Crippen molar-refractivity contribution in [1.29, 1.82) is 0 Å². The van der Waals surface area contributed by atoms with Gasteiger partial charge in [-0.15, -0.1) is 0 Å². The van der Waals surface area contributed by atoms with E-state index in [1.54, 1.807) is 62.4 Å². The maximum absolute atomic E-state index is 14.4. The molecule has 0 bridgehead atoms. The van der Waals surface area contributed by atoms with Crippen LogP contribution in [0.1, 0.15) is 92.9 Å². The maximum atomic E-state index is 14.4. The first-order valence-corrected chi connectivity index (χ1v) is 18.5. The van der Waals surface area contributed by atoms with Crippen LogP contribution in [0.5, 0.6) is 23.0 Å². The Balaban J connectivity index is 0.000000228. The lowest BCUT2D eigenvalue weighted by atomic mass is 9.99. The molecule has 0 fully saturated rings. The molecule has 2 heterocycles. The Morgan fingerprint density at radius 1 is 0.667 bits per heavy atom. The number of rotatable bonds is 13. The van der Waals surface area contributed by atoms with Gasteiger partial charge in [0.05, 0.1) is 56.7 Å². The second-order valence-corrected chi connectivity index (χ2v) is 14.8. The standard InChI is InChI=1S/C22H23FO6.C22H23NO8/c1-22(2)5-4-14-8-15(9-18(23)20(14)29-22)21(26)28-12-13-6-16(10-24)17(11-25)19(7-13)27-3;1-22(2)5-4-14-8-15(9-18(23(27)28)20(14)31-22)21(26)30-12-13-6-16(10-24)17(11-25)19(7-13)29-3/h4-9,24-25H,10-12H2,1-3H3;4-9,24-25H,10-12H2,1-3H3/i23-1;. The number of hydrogen-bond donors (Lipinski definition) is 4. The number of carbonyl (C=O) groups is 2. The van der Waals surface area contributed by atoms with Crippen molar-refractivity contribution in [1.82, 2.24) is 0 Å². The van der Waals surface area contributed by atoms with Crippen molar-refractivity contribution >= 4 is 29.8 Å². The van der Waals surface area contributed by atoms with Crippen LogP contribution in [0.3, 0.4) is 0 Å². The summed E-state index contributed by atoms with van der Waals surface area (Å²) in [5, 5.41) is 49.5. The van der Waals surface area contributed by atoms with Crippen LogP contribution in [0.15, 0.2) is 60.7 Å². The SMILES string of the molecule is COc1cc(COC(=O)c2cc([18F])c3c(c2)C=CC(C)(C)O3)cc(CO)c1CO.COc1cc(COC(=O)c2cc3c(c([N+](=O)[O-])c2)OC(C)(C)C=C3)cc(CO)c1CO. The number of halogens is 1. The molecule has 2 aliphatic heterocycles. The molecule has 16 heteroatoms. The number of hydrogen-bond acceptors (Lipinski definition) is 14. The first-order valence-electron chi connectivity index (χ1n) is 18.5. The summed E-state index contributed by atoms with van der Waals surface area (Å²) in [7, 11) is 2.87. The number of esters is 2. The highest BCUT2D eigenvalue weighted by Crippen LogP contribution is 2.40. The van der Waals surface area contributed by atoms with Gasteiger partial charge in [-0.1, -0.05) is 12.2 Å². The number of fused-ring (bicyclic) bond motifs is 2. The first-order chi connectivity index (χ1) is 28.5. The molecule has 4 aromatic rings. The van der Waals surface area contributed by atoms with Crippen molar-refractivity contribution in [2.75, 3.05) is 14.2 Å². The van der Waals surface area contributed by atoms with E-state index in [2.05, 4.69) is 0 Å². The summed E-state index contributed by atoms with van der Waals surface area (Å²) in [5.41, 5.74) is 2.24. The van der Waals surface area contributed by atoms with Crippen LogP contribution in [0.25, 0.3) is 12.2 Å². The minimum atomic E-state index is -0.750. The third-order valence-electron chi connectivity index (χ3n) is 9.46. The fraction of sp³-hybridized carbons (Fsp3) is 0.318. The summed E-state index contributed by atoms with van der Waals surface area (Å²) in [6.07, 6.45) is 6.92. The lowest BCUT2D eigenvalue weighted by molar-refractivity contribution is -0.386. The average molecular weight is 831 g/mol. The topological polar surface area (TPSA) is 214 Å². The van der Waals surface area contributed by atoms with Crippen LogP contribution >= 0.6 is 0 Å². The minimum absolute atomic E-state index is 0.0136. The van der Waals surface area contributed by atoms with Gasteiger partial charge in [0.25, 0.3) is 0 Å². The zero-order valence-electron chi connectivity index (χ0n) is 33.9. The van der Waals surface area contributed by atoms with Crippen molar-refractivity contribution in [3.05, 3.63) is 132 Å². The van der Waals surface area contributed by atoms with E-state index in [-0.39, 0.29) is 68.0 Å². The molecular weight excluding hydrogens is 784 g/mol. The van der Waals surface area contributed by atoms with E-state index in [0.717, 1.165) is 12.1 Å². The first kappa shape index (κ1) is 44.8. The Labute approximate surface area is 345 Å². The molecule has 4 aromatic carbocycles. The Morgan fingerprint density at radius 3 is 1.52 bits per heavy atom. The number of aliphatic hydroxyl groups excluding tert-OH is 4. The number of ether oxygens (including phenoxy) is 6. The van der Waals surface area contributed by atoms with Crippen molar-refractivity contribution in [3.8, 4) is 23.0 Å². The van der Waals surface area contributed by atoms with Gasteiger partial charge in [-0.25, -0.2) is 14.0 Å². The largest absolute Gasteiger partial charge is 0.496 e. The van der Waals surface area contributed by atoms with E-state index in [9.17, 15) is 44.5 Å². The van der Waals surface area contributed by atoms with Gasteiger partial charge >= 0.3 is 17.6 Å². The molecule has 0 spiro atoms. The van der Waals surface area contributed by atoms with Crippen molar-refractivity contribution in [2.24, 2.45) is 0 Å². The predicted octanol–water partition coefficient (Wildman–Crippen LogP) is 6.49. The van der Waals surface area contributed by atoms with Crippen LogP contribution in [-0.2, 0) is 49.1 Å². The Morgan fingerprint density at radius 2 is 1.10 bits per heavy atom. The minimum Gasteiger partial charge on any atom is -0.496 e. The van der Waals surface area contributed by atoms with Crippen LogP contribution in [0.2, 0.25) is 0 Å². The van der Waals surface area contributed by atoms with E-state index < -0.39 is 33.9 Å². The molecule has 60 heavy (non-hydrogen) atoms. The molecule has 0 amide bonds. The van der Waals surface area contributed by atoms with Crippen molar-refractivity contribution in [3.63, 3.8) is 0 Å². The Hall–Kier alpha value is -6.33. The van der Waals surface area contributed by atoms with Crippen molar-refractivity contribution in [2.45, 2.75) is 78.5 Å². The third kappa shape index (κ3) is 10.3. The lowest BCUT2D eigenvalue weighted by Crippen LogP contribution is -2.28. The number of carbonyl (C=O) groups excluding carboxylic acids is 2. The number of benzene rings is 4. The molecule has 0 aromatic heterocycles. The molecule has 0 radical (unpaired) electrons. The normalized spacial score (nSPS) is 14.0. The number of methoxy groups -OCH3 is 2. The number of nitro benzene ring substituents is 1. The molecule has 15 nitrogen and oxygen atoms in total. The van der Waals surface area contributed by atoms with Gasteiger partial charge in [0.15, 0.2) is 11.6 Å². The van der Waals surface area contributed by atoms with Crippen LogP contribution in [0, 0.1) is 15.9 Å². The molecule has 4 N–H and O–H groups in total. The average Bonchev–Trinajstić information content (AvgIpc) is 3.23. The fourth-order valence-electron chi connectivity index (χ4n) is 6.43. The van der Waals surface area contributed by atoms with E-state index in [1.807, 2.05) is 13.8 Å². The lowest BCUT2D eigenvalue weighted by Gasteiger charge is -2.28. The molecule has 0 saturated heterocycles. The monoisotopic (exact) mass is 830 g/mol. The summed E-state index contributed by atoms with van der Waals surface area (Å²) in [6, 6.07) is 11.6. The zero-order valence-corrected chi connectivity index (χ0v) is 33.9. The second-order valence-electron chi connectivity index (χ2n) is 14.8. The van der Waals surface area contributed by atoms with E-state index in [0.29, 0.717) is 56.0 Å². The smallest absolute Gasteiger partial charge is 0.338 e. The third-order valence-corrected chi connectivity index (χ3v) is 9.46. The quantitative estimate of drug-likeness (QED) is 0.0645. The molecule has 2 aliphatic rings. The van der Waals surface area contributed by atoms with Crippen LogP contribution < -0.4 is 18.9 Å². The maximum Gasteiger partial charge on any atom is 0.338 e. The molecule has 0 unspecified atom stereocenters. The molecule has 0 aliphatic carbocycles. The molecule has 6 rings (SSSR count). The van der Waals surface area contributed by atoms with E-state index >= 15 is 0 Å². The van der Waals surface area contributed by atoms with Gasteiger partial charge in [0.2, 0.25) is 5.75 Å². The summed E-state index contributed by atoms with van der Waals surface area (Å²) in [4.78, 5) is 36.0. The van der Waals surface area contributed by atoms with Gasteiger partial charge in [-0.3, -0.25) is 10.1 Å². The zero-order chi connectivity index (χ0) is 43.9. The van der Waals surface area contributed by atoms with Gasteiger partial charge in [0.1, 0.15) is 35.9 Å². The van der Waals surface area contributed by atoms with Crippen LogP contribution in [0.4, 0.5) is 10.1 Å². The van der Waals surface area contributed by atoms with Crippen LogP contribution in [-0.4, -0.2) is 62.7 Å². The summed E-state index contributed by atoms with van der Waals surface area (Å²) in [5.74, 6) is -1.13. The number of nitrogens with zero attached hydrogens (tertiary/aromatic N) is 1. The van der Waals surface area contributed by atoms with Gasteiger partial charge < -0.3 is 48.8 Å². The Bertz CT molecular complexity index is 2300. The second kappa shape index (κ2) is 18.7. The molecule has 318 valence electrons. The summed E-state index contributed by atoms with van der Waals surface area (Å²) in [6.45, 7) is 5.68. The summed E-state index contributed by atoms with van der Waals surface area (Å²) < 4.78 is 46.8. The van der Waals surface area contributed by atoms with Gasteiger partial charge in [-0.05, 0) is 105 Å². The van der Waals surface area contributed by atoms with E-state index in [1.165, 1.54) is 26.4 Å². The molecule has 0 saturated carbocycles. The number of nitro groups is 1. The van der Waals surface area contributed by atoms with Gasteiger partial charge in [0, 0.05) is 28.3 Å². The van der Waals surface area contributed by atoms with E-state index in [4.69, 9.17) is 28.4 Å². The molecular formula is C44H46FNO14. The highest BCUT2D eigenvalue weighted by molar-refractivity contribution is 5.92. The fourth-order valence-corrected chi connectivity index (χ4v) is 6.43. The predicted molar refractivity (Wildman–Crippen MR) is 215 cm³/mol. The highest BCUT2D eigenvalue weighted by atomic mass is 18.2.